The first-order valence-electron chi connectivity index (χ1n) is 7.91. The normalized spacial score (nSPS) is 13.2. The maximum absolute atomic E-state index is 11.9. The van der Waals surface area contributed by atoms with Crippen molar-refractivity contribution >= 4 is 11.0 Å². The summed E-state index contributed by atoms with van der Waals surface area (Å²) in [7, 11) is 0. The highest BCUT2D eigenvalue weighted by Gasteiger charge is 2.19. The second-order valence-corrected chi connectivity index (χ2v) is 5.72. The van der Waals surface area contributed by atoms with Crippen LogP contribution in [0.15, 0.2) is 27.4 Å². The molecule has 5 heteroatoms. The molecule has 3 rings (SSSR count). The molecule has 5 nitrogen and oxygen atoms in total. The Bertz CT molecular complexity index is 716. The lowest BCUT2D eigenvalue weighted by Crippen LogP contribution is -3.10. The van der Waals surface area contributed by atoms with Crippen LogP contribution in [0.25, 0.3) is 11.0 Å². The minimum absolute atomic E-state index is 0.217. The van der Waals surface area contributed by atoms with E-state index < -0.39 is 0 Å². The first-order chi connectivity index (χ1) is 10.7. The van der Waals surface area contributed by atoms with Gasteiger partial charge in [-0.1, -0.05) is 13.8 Å². The van der Waals surface area contributed by atoms with Crippen LogP contribution in [0.4, 0.5) is 0 Å². The summed E-state index contributed by atoms with van der Waals surface area (Å²) >= 11 is 0. The zero-order chi connectivity index (χ0) is 15.5. The molecule has 22 heavy (non-hydrogen) atoms. The molecule has 2 aromatic rings. The van der Waals surface area contributed by atoms with E-state index in [1.54, 1.807) is 12.1 Å². The van der Waals surface area contributed by atoms with Crippen LogP contribution in [-0.4, -0.2) is 19.9 Å². The Labute approximate surface area is 129 Å². The van der Waals surface area contributed by atoms with Crippen molar-refractivity contribution in [3.8, 4) is 11.5 Å². The lowest BCUT2D eigenvalue weighted by atomic mass is 10.1. The van der Waals surface area contributed by atoms with Gasteiger partial charge in [0.15, 0.2) is 11.5 Å². The number of rotatable bonds is 6. The number of hydrogen-bond acceptors (Lipinski definition) is 4. The number of fused-ring (bicyclic) bond motifs is 2. The van der Waals surface area contributed by atoms with E-state index in [1.807, 2.05) is 6.07 Å². The van der Waals surface area contributed by atoms with Gasteiger partial charge in [-0.05, 0) is 18.9 Å². The Morgan fingerprint density at radius 2 is 1.73 bits per heavy atom. The molecular weight excluding hydrogens is 282 g/mol. The van der Waals surface area contributed by atoms with E-state index in [1.165, 1.54) is 4.90 Å². The third-order valence-electron chi connectivity index (χ3n) is 3.97. The van der Waals surface area contributed by atoms with Gasteiger partial charge >= 0.3 is 5.63 Å². The monoisotopic (exact) mass is 304 g/mol. The molecule has 0 fully saturated rings. The molecule has 0 bridgehead atoms. The second kappa shape index (κ2) is 6.40. The van der Waals surface area contributed by atoms with Crippen LogP contribution in [0.2, 0.25) is 0 Å². The third-order valence-corrected chi connectivity index (χ3v) is 3.97. The molecule has 1 aliphatic rings. The summed E-state index contributed by atoms with van der Waals surface area (Å²) in [5, 5.41) is 0.938. The molecule has 0 atom stereocenters. The molecule has 2 heterocycles. The molecule has 1 aliphatic heterocycles. The summed E-state index contributed by atoms with van der Waals surface area (Å²) < 4.78 is 16.1. The summed E-state index contributed by atoms with van der Waals surface area (Å²) in [5.41, 5.74) is 1.27. The quantitative estimate of drug-likeness (QED) is 0.826. The molecule has 0 spiro atoms. The van der Waals surface area contributed by atoms with Crippen molar-refractivity contribution in [3.63, 3.8) is 0 Å². The number of benzene rings is 1. The fraction of sp³-hybridized carbons (Fsp3) is 0.471. The maximum atomic E-state index is 11.9. The predicted octanol–water partition coefficient (Wildman–Crippen LogP) is 1.73. The van der Waals surface area contributed by atoms with Crippen LogP contribution in [-0.2, 0) is 6.54 Å². The highest BCUT2D eigenvalue weighted by molar-refractivity contribution is 5.84. The summed E-state index contributed by atoms with van der Waals surface area (Å²) in [6.45, 7) is 7.61. The Morgan fingerprint density at radius 1 is 1.05 bits per heavy atom. The molecule has 0 aliphatic carbocycles. The van der Waals surface area contributed by atoms with Gasteiger partial charge in [-0.3, -0.25) is 0 Å². The first kappa shape index (κ1) is 14.9. The van der Waals surface area contributed by atoms with Gasteiger partial charge in [0.25, 0.3) is 0 Å². The fourth-order valence-electron chi connectivity index (χ4n) is 3.04. The average Bonchev–Trinajstić information content (AvgIpc) is 2.93. The van der Waals surface area contributed by atoms with Crippen LogP contribution >= 0.6 is 0 Å². The molecule has 1 aromatic carbocycles. The standard InChI is InChI=1S/C17H21NO4/c1-3-5-18(6-4-2)10-12-7-17(19)22-14-9-16-15(8-13(12)14)20-11-21-16/h7-9H,3-6,10-11H2,1-2H3/p+1. The molecule has 0 saturated heterocycles. The zero-order valence-electron chi connectivity index (χ0n) is 13.1. The smallest absolute Gasteiger partial charge is 0.336 e. The van der Waals surface area contributed by atoms with Gasteiger partial charge in [0.2, 0.25) is 6.79 Å². The Balaban J connectivity index is 2.02. The van der Waals surface area contributed by atoms with Crippen molar-refractivity contribution in [1.29, 1.82) is 0 Å². The van der Waals surface area contributed by atoms with Crippen LogP contribution in [0.3, 0.4) is 0 Å². The first-order valence-corrected chi connectivity index (χ1v) is 7.91. The average molecular weight is 304 g/mol. The third kappa shape index (κ3) is 2.95. The van der Waals surface area contributed by atoms with Crippen LogP contribution in [0.1, 0.15) is 32.3 Å². The van der Waals surface area contributed by atoms with E-state index in [2.05, 4.69) is 13.8 Å². The molecule has 0 unspecified atom stereocenters. The molecule has 0 saturated carbocycles. The number of nitrogens with one attached hydrogen (secondary N) is 1. The topological polar surface area (TPSA) is 53.1 Å². The van der Waals surface area contributed by atoms with Crippen molar-refractivity contribution < 1.29 is 18.8 Å². The van der Waals surface area contributed by atoms with E-state index in [9.17, 15) is 4.79 Å². The van der Waals surface area contributed by atoms with Gasteiger partial charge in [0.1, 0.15) is 12.1 Å². The zero-order valence-corrected chi connectivity index (χ0v) is 13.1. The molecule has 118 valence electrons. The van der Waals surface area contributed by atoms with Crippen molar-refractivity contribution in [1.82, 2.24) is 0 Å². The van der Waals surface area contributed by atoms with Gasteiger partial charge < -0.3 is 18.8 Å². The Kier molecular flexibility index (Phi) is 4.34. The molecule has 0 amide bonds. The number of quaternary nitrogens is 1. The minimum atomic E-state index is -0.311. The highest BCUT2D eigenvalue weighted by atomic mass is 16.7. The summed E-state index contributed by atoms with van der Waals surface area (Å²) in [5.74, 6) is 1.36. The SMILES string of the molecule is CCC[NH+](CCC)Cc1cc(=O)oc2cc3c(cc12)OCO3. The largest absolute Gasteiger partial charge is 0.454 e. The van der Waals surface area contributed by atoms with Gasteiger partial charge in [0, 0.05) is 23.1 Å². The molecule has 1 N–H and O–H groups in total. The van der Waals surface area contributed by atoms with Crippen LogP contribution in [0.5, 0.6) is 11.5 Å². The van der Waals surface area contributed by atoms with Crippen molar-refractivity contribution in [2.45, 2.75) is 33.2 Å². The highest BCUT2D eigenvalue weighted by Crippen LogP contribution is 2.36. The second-order valence-electron chi connectivity index (χ2n) is 5.72. The lowest BCUT2D eigenvalue weighted by Gasteiger charge is -2.18. The number of hydrogen-bond donors (Lipinski definition) is 1. The summed E-state index contributed by atoms with van der Waals surface area (Å²) in [4.78, 5) is 13.3. The fourth-order valence-corrected chi connectivity index (χ4v) is 3.04. The summed E-state index contributed by atoms with van der Waals surface area (Å²) in [6, 6.07) is 5.28. The molecule has 0 radical (unpaired) electrons. The van der Waals surface area contributed by atoms with Crippen molar-refractivity contribution in [3.05, 3.63) is 34.2 Å². The van der Waals surface area contributed by atoms with Crippen LogP contribution < -0.4 is 20.0 Å². The van der Waals surface area contributed by atoms with Gasteiger partial charge in [-0.2, -0.15) is 0 Å². The Hall–Kier alpha value is -2.01. The molecule has 1 aromatic heterocycles. The molecular formula is C17H22NO4+. The van der Waals surface area contributed by atoms with E-state index >= 15 is 0 Å². The van der Waals surface area contributed by atoms with Gasteiger partial charge in [-0.15, -0.1) is 0 Å². The van der Waals surface area contributed by atoms with E-state index in [0.717, 1.165) is 49.2 Å². The summed E-state index contributed by atoms with van der Waals surface area (Å²) in [6.07, 6.45) is 2.25. The van der Waals surface area contributed by atoms with E-state index in [4.69, 9.17) is 13.9 Å². The van der Waals surface area contributed by atoms with E-state index in [0.29, 0.717) is 11.3 Å². The van der Waals surface area contributed by atoms with Gasteiger partial charge in [0.05, 0.1) is 13.1 Å². The maximum Gasteiger partial charge on any atom is 0.336 e. The lowest BCUT2D eigenvalue weighted by molar-refractivity contribution is -0.913. The predicted molar refractivity (Wildman–Crippen MR) is 83.6 cm³/mol. The van der Waals surface area contributed by atoms with Crippen molar-refractivity contribution in [2.24, 2.45) is 0 Å². The minimum Gasteiger partial charge on any atom is -0.454 e. The van der Waals surface area contributed by atoms with Crippen LogP contribution in [0, 0.1) is 0 Å². The Morgan fingerprint density at radius 3 is 2.41 bits per heavy atom. The number of ether oxygens (including phenoxy) is 2. The van der Waals surface area contributed by atoms with E-state index in [-0.39, 0.29) is 12.4 Å². The van der Waals surface area contributed by atoms with Gasteiger partial charge in [-0.25, -0.2) is 4.79 Å². The van der Waals surface area contributed by atoms with Crippen molar-refractivity contribution in [2.75, 3.05) is 19.9 Å².